The first-order chi connectivity index (χ1) is 12.8. The molecule has 0 aliphatic heterocycles. The predicted molar refractivity (Wildman–Crippen MR) is 103 cm³/mol. The number of nitrogens with zero attached hydrogens (tertiary/aromatic N) is 2. The van der Waals surface area contributed by atoms with Crippen molar-refractivity contribution in [1.82, 2.24) is 15.0 Å². The van der Waals surface area contributed by atoms with E-state index in [-0.39, 0.29) is 5.97 Å². The summed E-state index contributed by atoms with van der Waals surface area (Å²) in [6, 6.07) is 5.57. The fourth-order valence-corrected chi connectivity index (χ4v) is 4.16. The van der Waals surface area contributed by atoms with Gasteiger partial charge in [0.05, 0.1) is 23.2 Å². The number of hydrogen-bond acceptors (Lipinski definition) is 5. The van der Waals surface area contributed by atoms with Gasteiger partial charge in [-0.1, -0.05) is 38.2 Å². The monoisotopic (exact) mass is 369 g/mol. The highest BCUT2D eigenvalue weighted by molar-refractivity contribution is 7.07. The molecule has 0 saturated heterocycles. The molecule has 1 aromatic carbocycles. The van der Waals surface area contributed by atoms with Crippen LogP contribution in [0, 0.1) is 5.92 Å². The molecule has 1 fully saturated rings. The Hall–Kier alpha value is -2.21. The van der Waals surface area contributed by atoms with Crippen molar-refractivity contribution in [2.45, 2.75) is 44.9 Å². The predicted octanol–water partition coefficient (Wildman–Crippen LogP) is 5.20. The van der Waals surface area contributed by atoms with E-state index < -0.39 is 0 Å². The lowest BCUT2D eigenvalue weighted by atomic mass is 9.92. The number of aromatic amines is 1. The molecule has 3 aromatic rings. The fourth-order valence-electron chi connectivity index (χ4n) is 3.63. The molecule has 136 valence electrons. The number of hydrogen-bond donors (Lipinski definition) is 1. The fraction of sp³-hybridized carbons (Fsp3) is 0.450. The van der Waals surface area contributed by atoms with Crippen LogP contribution in [0.3, 0.4) is 0 Å². The first-order valence-electron chi connectivity index (χ1n) is 9.35. The SMILES string of the molecule is O=C(OCC1CCCCCCC1)c1cccc2[nH]c(-c3cscn3)nc12. The molecule has 0 spiro atoms. The third-order valence-electron chi connectivity index (χ3n) is 5.08. The van der Waals surface area contributed by atoms with Crippen LogP contribution in [0.5, 0.6) is 0 Å². The normalized spacial score (nSPS) is 16.3. The third kappa shape index (κ3) is 3.80. The van der Waals surface area contributed by atoms with Crippen molar-refractivity contribution in [2.75, 3.05) is 6.61 Å². The number of para-hydroxylation sites is 1. The number of fused-ring (bicyclic) bond motifs is 1. The summed E-state index contributed by atoms with van der Waals surface area (Å²) in [7, 11) is 0. The Kier molecular flexibility index (Phi) is 5.29. The Morgan fingerprint density at radius 1 is 1.19 bits per heavy atom. The quantitative estimate of drug-likeness (QED) is 0.642. The second-order valence-corrected chi connectivity index (χ2v) is 7.69. The number of esters is 1. The number of aromatic nitrogens is 3. The van der Waals surface area contributed by atoms with Crippen molar-refractivity contribution >= 4 is 28.3 Å². The molecule has 0 amide bonds. The lowest BCUT2D eigenvalue weighted by Gasteiger charge is -2.19. The molecule has 1 aliphatic rings. The van der Waals surface area contributed by atoms with E-state index >= 15 is 0 Å². The molecule has 0 atom stereocenters. The molecule has 4 rings (SSSR count). The zero-order valence-corrected chi connectivity index (χ0v) is 15.6. The van der Waals surface area contributed by atoms with E-state index in [1.54, 1.807) is 11.6 Å². The first-order valence-corrected chi connectivity index (χ1v) is 10.3. The van der Waals surface area contributed by atoms with Gasteiger partial charge in [-0.25, -0.2) is 14.8 Å². The van der Waals surface area contributed by atoms with Crippen molar-refractivity contribution in [3.63, 3.8) is 0 Å². The standard InChI is InChI=1S/C20H23N3O2S/c24-20(25-11-14-7-4-2-1-3-5-8-14)15-9-6-10-16-18(15)23-19(22-16)17-12-26-13-21-17/h6,9-10,12-14H,1-5,7-8,11H2,(H,22,23). The number of thiazole rings is 1. The van der Waals surface area contributed by atoms with Crippen LogP contribution in [-0.4, -0.2) is 27.5 Å². The number of nitrogens with one attached hydrogen (secondary N) is 1. The van der Waals surface area contributed by atoms with Crippen molar-refractivity contribution < 1.29 is 9.53 Å². The van der Waals surface area contributed by atoms with Crippen LogP contribution in [-0.2, 0) is 4.74 Å². The number of rotatable bonds is 4. The second-order valence-electron chi connectivity index (χ2n) is 6.97. The van der Waals surface area contributed by atoms with Gasteiger partial charge in [0.2, 0.25) is 0 Å². The first kappa shape index (κ1) is 17.2. The Balaban J connectivity index is 1.49. The molecule has 1 N–H and O–H groups in total. The molecule has 0 unspecified atom stereocenters. The van der Waals surface area contributed by atoms with Crippen LogP contribution >= 0.6 is 11.3 Å². The minimum atomic E-state index is -0.283. The Morgan fingerprint density at radius 2 is 2.00 bits per heavy atom. The van der Waals surface area contributed by atoms with Crippen LogP contribution in [0.2, 0.25) is 0 Å². The number of H-pyrrole nitrogens is 1. The smallest absolute Gasteiger partial charge is 0.340 e. The number of ether oxygens (including phenoxy) is 1. The average Bonchev–Trinajstić information content (AvgIpc) is 3.29. The van der Waals surface area contributed by atoms with E-state index in [0.717, 1.165) is 24.1 Å². The molecule has 1 saturated carbocycles. The van der Waals surface area contributed by atoms with Crippen LogP contribution in [0.1, 0.15) is 55.3 Å². The van der Waals surface area contributed by atoms with Crippen LogP contribution in [0.25, 0.3) is 22.6 Å². The highest BCUT2D eigenvalue weighted by atomic mass is 32.1. The molecule has 26 heavy (non-hydrogen) atoms. The van der Waals surface area contributed by atoms with Gasteiger partial charge in [0.15, 0.2) is 5.82 Å². The maximum absolute atomic E-state index is 12.7. The minimum Gasteiger partial charge on any atom is -0.462 e. The van der Waals surface area contributed by atoms with Crippen molar-refractivity contribution in [2.24, 2.45) is 5.92 Å². The maximum atomic E-state index is 12.7. The third-order valence-corrected chi connectivity index (χ3v) is 5.67. The minimum absolute atomic E-state index is 0.283. The molecule has 2 heterocycles. The van der Waals surface area contributed by atoms with Crippen molar-refractivity contribution in [3.8, 4) is 11.5 Å². The summed E-state index contributed by atoms with van der Waals surface area (Å²) in [5.41, 5.74) is 4.56. The molecule has 0 radical (unpaired) electrons. The number of benzene rings is 1. The summed E-state index contributed by atoms with van der Waals surface area (Å²) in [5, 5.41) is 1.93. The van der Waals surface area contributed by atoms with E-state index in [4.69, 9.17) is 4.74 Å². The zero-order valence-electron chi connectivity index (χ0n) is 14.7. The Bertz CT molecular complexity index is 864. The van der Waals surface area contributed by atoms with E-state index in [1.807, 2.05) is 17.5 Å². The van der Waals surface area contributed by atoms with E-state index in [1.165, 1.54) is 43.4 Å². The largest absolute Gasteiger partial charge is 0.462 e. The van der Waals surface area contributed by atoms with Gasteiger partial charge >= 0.3 is 5.97 Å². The van der Waals surface area contributed by atoms with Gasteiger partial charge in [-0.2, -0.15) is 0 Å². The summed E-state index contributed by atoms with van der Waals surface area (Å²) >= 11 is 1.52. The van der Waals surface area contributed by atoms with Gasteiger partial charge in [-0.15, -0.1) is 11.3 Å². The number of carbonyl (C=O) groups excluding carboxylic acids is 1. The zero-order chi connectivity index (χ0) is 17.8. The Morgan fingerprint density at radius 3 is 2.77 bits per heavy atom. The van der Waals surface area contributed by atoms with Crippen molar-refractivity contribution in [3.05, 3.63) is 34.7 Å². The summed E-state index contributed by atoms with van der Waals surface area (Å²) in [5.74, 6) is 0.888. The van der Waals surface area contributed by atoms with Crippen molar-refractivity contribution in [1.29, 1.82) is 0 Å². The molecule has 2 aromatic heterocycles. The lowest BCUT2D eigenvalue weighted by molar-refractivity contribution is 0.0421. The average molecular weight is 369 g/mol. The summed E-state index contributed by atoms with van der Waals surface area (Å²) in [4.78, 5) is 24.8. The highest BCUT2D eigenvalue weighted by Gasteiger charge is 2.18. The van der Waals surface area contributed by atoms with Crippen LogP contribution < -0.4 is 0 Å². The van der Waals surface area contributed by atoms with Crippen LogP contribution in [0.4, 0.5) is 0 Å². The number of imidazole rings is 1. The maximum Gasteiger partial charge on any atom is 0.340 e. The van der Waals surface area contributed by atoms with Gasteiger partial charge in [0.1, 0.15) is 11.2 Å². The van der Waals surface area contributed by atoms with E-state index in [2.05, 4.69) is 15.0 Å². The molecule has 1 aliphatic carbocycles. The summed E-state index contributed by atoms with van der Waals surface area (Å²) in [6.07, 6.45) is 8.76. The van der Waals surface area contributed by atoms with Gasteiger partial charge in [-0.3, -0.25) is 0 Å². The Labute approximate surface area is 156 Å². The summed E-state index contributed by atoms with van der Waals surface area (Å²) in [6.45, 7) is 0.512. The highest BCUT2D eigenvalue weighted by Crippen LogP contribution is 2.25. The van der Waals surface area contributed by atoms with E-state index in [0.29, 0.717) is 29.4 Å². The van der Waals surface area contributed by atoms with Gasteiger partial charge in [0.25, 0.3) is 0 Å². The molecule has 6 heteroatoms. The van der Waals surface area contributed by atoms with Gasteiger partial charge < -0.3 is 9.72 Å². The number of carbonyl (C=O) groups is 1. The molecule has 5 nitrogen and oxygen atoms in total. The topological polar surface area (TPSA) is 67.9 Å². The molecular weight excluding hydrogens is 346 g/mol. The van der Waals surface area contributed by atoms with E-state index in [9.17, 15) is 4.79 Å². The molecular formula is C20H23N3O2S. The second kappa shape index (κ2) is 7.99. The molecule has 0 bridgehead atoms. The summed E-state index contributed by atoms with van der Waals surface area (Å²) < 4.78 is 5.67. The lowest BCUT2D eigenvalue weighted by Crippen LogP contribution is -2.15. The van der Waals surface area contributed by atoms with Crippen LogP contribution in [0.15, 0.2) is 29.1 Å². The van der Waals surface area contributed by atoms with Gasteiger partial charge in [-0.05, 0) is 30.9 Å². The van der Waals surface area contributed by atoms with Gasteiger partial charge in [0, 0.05) is 5.38 Å².